The highest BCUT2D eigenvalue weighted by Crippen LogP contribution is 2.29. The second-order valence-electron chi connectivity index (χ2n) is 2.90. The Hall–Kier alpha value is -1.29. The monoisotopic (exact) mass is 252 g/mol. The number of pyridine rings is 1. The van der Waals surface area contributed by atoms with Crippen molar-refractivity contribution < 1.29 is 4.74 Å². The maximum atomic E-state index is 5.74. The molecule has 1 aromatic heterocycles. The number of methoxy groups -OCH3 is 1. The van der Waals surface area contributed by atoms with Crippen LogP contribution in [-0.4, -0.2) is 12.1 Å². The normalized spacial score (nSPS) is 10.4. The highest BCUT2D eigenvalue weighted by molar-refractivity contribution is 9.10. The standard InChI is InChI=1S/C10H9BrN2O/c1-14-6-2-3-7-8(4-6)9(11)5-13-10(7)12/h2-5H,1H3,(H2,12,13). The third kappa shape index (κ3) is 1.42. The molecule has 1 aromatic carbocycles. The molecule has 0 radical (unpaired) electrons. The highest BCUT2D eigenvalue weighted by Gasteiger charge is 2.04. The summed E-state index contributed by atoms with van der Waals surface area (Å²) in [6.45, 7) is 0. The smallest absolute Gasteiger partial charge is 0.131 e. The minimum absolute atomic E-state index is 0.533. The number of nitrogens with zero attached hydrogens (tertiary/aromatic N) is 1. The van der Waals surface area contributed by atoms with Gasteiger partial charge in [0.25, 0.3) is 0 Å². The summed E-state index contributed by atoms with van der Waals surface area (Å²) in [5.74, 6) is 1.34. The summed E-state index contributed by atoms with van der Waals surface area (Å²) in [6, 6.07) is 5.70. The molecule has 0 amide bonds. The van der Waals surface area contributed by atoms with Gasteiger partial charge in [-0.25, -0.2) is 4.98 Å². The van der Waals surface area contributed by atoms with Crippen molar-refractivity contribution in [3.05, 3.63) is 28.9 Å². The molecule has 0 aliphatic carbocycles. The van der Waals surface area contributed by atoms with E-state index in [0.29, 0.717) is 5.82 Å². The van der Waals surface area contributed by atoms with Crippen LogP contribution in [0.1, 0.15) is 0 Å². The first-order valence-corrected chi connectivity index (χ1v) is 4.89. The zero-order valence-corrected chi connectivity index (χ0v) is 9.21. The van der Waals surface area contributed by atoms with Crippen LogP contribution in [0.15, 0.2) is 28.9 Å². The number of halogens is 1. The number of hydrogen-bond donors (Lipinski definition) is 1. The van der Waals surface area contributed by atoms with E-state index in [4.69, 9.17) is 10.5 Å². The molecule has 2 N–H and O–H groups in total. The molecule has 0 atom stereocenters. The van der Waals surface area contributed by atoms with Crippen LogP contribution in [0.2, 0.25) is 0 Å². The molecular weight excluding hydrogens is 244 g/mol. The second kappa shape index (κ2) is 3.46. The van der Waals surface area contributed by atoms with Crippen molar-refractivity contribution in [2.45, 2.75) is 0 Å². The Balaban J connectivity index is 2.80. The van der Waals surface area contributed by atoms with Gasteiger partial charge in [-0.2, -0.15) is 0 Å². The maximum Gasteiger partial charge on any atom is 0.131 e. The summed E-state index contributed by atoms with van der Waals surface area (Å²) in [5, 5.41) is 1.94. The molecule has 0 saturated carbocycles. The van der Waals surface area contributed by atoms with E-state index >= 15 is 0 Å². The van der Waals surface area contributed by atoms with Crippen molar-refractivity contribution in [2.24, 2.45) is 0 Å². The van der Waals surface area contributed by atoms with E-state index in [1.54, 1.807) is 13.3 Å². The fourth-order valence-electron chi connectivity index (χ4n) is 1.34. The quantitative estimate of drug-likeness (QED) is 0.849. The first-order valence-electron chi connectivity index (χ1n) is 4.10. The van der Waals surface area contributed by atoms with E-state index in [1.165, 1.54) is 0 Å². The third-order valence-electron chi connectivity index (χ3n) is 2.08. The van der Waals surface area contributed by atoms with Crippen LogP contribution < -0.4 is 10.5 Å². The molecule has 0 aliphatic heterocycles. The van der Waals surface area contributed by atoms with Gasteiger partial charge in [-0.3, -0.25) is 0 Å². The van der Waals surface area contributed by atoms with Gasteiger partial charge in [-0.15, -0.1) is 0 Å². The van der Waals surface area contributed by atoms with E-state index in [-0.39, 0.29) is 0 Å². The molecule has 0 spiro atoms. The van der Waals surface area contributed by atoms with Gasteiger partial charge in [0.2, 0.25) is 0 Å². The number of aromatic nitrogens is 1. The number of benzene rings is 1. The first-order chi connectivity index (χ1) is 6.72. The lowest BCUT2D eigenvalue weighted by Gasteiger charge is -2.05. The largest absolute Gasteiger partial charge is 0.497 e. The second-order valence-corrected chi connectivity index (χ2v) is 3.76. The first kappa shape index (κ1) is 9.27. The van der Waals surface area contributed by atoms with Crippen LogP contribution >= 0.6 is 15.9 Å². The Morgan fingerprint density at radius 1 is 1.36 bits per heavy atom. The molecule has 3 nitrogen and oxygen atoms in total. The lowest BCUT2D eigenvalue weighted by Crippen LogP contribution is -1.92. The number of anilines is 1. The van der Waals surface area contributed by atoms with Gasteiger partial charge in [0.1, 0.15) is 11.6 Å². The van der Waals surface area contributed by atoms with Gasteiger partial charge in [0, 0.05) is 21.4 Å². The highest BCUT2D eigenvalue weighted by atomic mass is 79.9. The number of hydrogen-bond acceptors (Lipinski definition) is 3. The van der Waals surface area contributed by atoms with Crippen LogP contribution in [0.3, 0.4) is 0 Å². The van der Waals surface area contributed by atoms with Gasteiger partial charge in [-0.1, -0.05) is 0 Å². The van der Waals surface area contributed by atoms with Gasteiger partial charge in [0.05, 0.1) is 7.11 Å². The molecule has 4 heteroatoms. The van der Waals surface area contributed by atoms with Crippen LogP contribution in [0.5, 0.6) is 5.75 Å². The van der Waals surface area contributed by atoms with Gasteiger partial charge in [0.15, 0.2) is 0 Å². The molecule has 2 rings (SSSR count). The fourth-order valence-corrected chi connectivity index (χ4v) is 1.77. The molecular formula is C10H9BrN2O. The minimum Gasteiger partial charge on any atom is -0.497 e. The SMILES string of the molecule is COc1ccc2c(N)ncc(Br)c2c1. The predicted octanol–water partition coefficient (Wildman–Crippen LogP) is 2.59. The van der Waals surface area contributed by atoms with E-state index in [2.05, 4.69) is 20.9 Å². The molecule has 0 aliphatic rings. The molecule has 72 valence electrons. The Morgan fingerprint density at radius 3 is 2.86 bits per heavy atom. The Kier molecular flexibility index (Phi) is 2.29. The summed E-state index contributed by atoms with van der Waals surface area (Å²) in [5.41, 5.74) is 5.74. The zero-order chi connectivity index (χ0) is 10.1. The van der Waals surface area contributed by atoms with Gasteiger partial charge in [-0.05, 0) is 34.1 Å². The van der Waals surface area contributed by atoms with E-state index in [1.807, 2.05) is 18.2 Å². The number of fused-ring (bicyclic) bond motifs is 1. The van der Waals surface area contributed by atoms with Crippen molar-refractivity contribution in [1.82, 2.24) is 4.98 Å². The van der Waals surface area contributed by atoms with E-state index in [0.717, 1.165) is 21.0 Å². The predicted molar refractivity (Wildman–Crippen MR) is 60.4 cm³/mol. The lowest BCUT2D eigenvalue weighted by atomic mass is 10.1. The Labute approximate surface area is 90.0 Å². The minimum atomic E-state index is 0.533. The summed E-state index contributed by atoms with van der Waals surface area (Å²) in [7, 11) is 1.64. The van der Waals surface area contributed by atoms with Crippen molar-refractivity contribution in [3.63, 3.8) is 0 Å². The number of nitrogen functional groups attached to an aromatic ring is 1. The van der Waals surface area contributed by atoms with Crippen molar-refractivity contribution in [3.8, 4) is 5.75 Å². The maximum absolute atomic E-state index is 5.74. The zero-order valence-electron chi connectivity index (χ0n) is 7.62. The average molecular weight is 253 g/mol. The van der Waals surface area contributed by atoms with Crippen molar-refractivity contribution in [2.75, 3.05) is 12.8 Å². The Bertz CT molecular complexity index is 485. The average Bonchev–Trinajstić information content (AvgIpc) is 2.23. The summed E-state index contributed by atoms with van der Waals surface area (Å²) < 4.78 is 6.05. The fraction of sp³-hybridized carbons (Fsp3) is 0.100. The van der Waals surface area contributed by atoms with Gasteiger partial charge >= 0.3 is 0 Å². The molecule has 0 fully saturated rings. The van der Waals surface area contributed by atoms with Crippen LogP contribution in [0.25, 0.3) is 10.8 Å². The van der Waals surface area contributed by atoms with E-state index < -0.39 is 0 Å². The summed E-state index contributed by atoms with van der Waals surface area (Å²) in [4.78, 5) is 4.05. The number of rotatable bonds is 1. The molecule has 0 bridgehead atoms. The van der Waals surface area contributed by atoms with Crippen molar-refractivity contribution >= 4 is 32.5 Å². The van der Waals surface area contributed by atoms with Crippen LogP contribution in [-0.2, 0) is 0 Å². The van der Waals surface area contributed by atoms with E-state index in [9.17, 15) is 0 Å². The molecule has 2 aromatic rings. The molecule has 1 heterocycles. The van der Waals surface area contributed by atoms with Crippen LogP contribution in [0.4, 0.5) is 5.82 Å². The molecule has 0 saturated heterocycles. The topological polar surface area (TPSA) is 48.1 Å². The molecule has 0 unspecified atom stereocenters. The van der Waals surface area contributed by atoms with Crippen molar-refractivity contribution in [1.29, 1.82) is 0 Å². The summed E-state index contributed by atoms with van der Waals surface area (Å²) >= 11 is 3.42. The van der Waals surface area contributed by atoms with Gasteiger partial charge < -0.3 is 10.5 Å². The Morgan fingerprint density at radius 2 is 2.14 bits per heavy atom. The van der Waals surface area contributed by atoms with Crippen LogP contribution in [0, 0.1) is 0 Å². The number of nitrogens with two attached hydrogens (primary N) is 1. The lowest BCUT2D eigenvalue weighted by molar-refractivity contribution is 0.415. The number of ether oxygens (including phenoxy) is 1. The molecule has 14 heavy (non-hydrogen) atoms. The third-order valence-corrected chi connectivity index (χ3v) is 2.71. The summed E-state index contributed by atoms with van der Waals surface area (Å²) in [6.07, 6.45) is 1.69.